The molecule has 0 fully saturated rings. The predicted molar refractivity (Wildman–Crippen MR) is 215 cm³/mol. The molecule has 0 aliphatic heterocycles. The van der Waals surface area contributed by atoms with Crippen molar-refractivity contribution in [3.63, 3.8) is 0 Å². The van der Waals surface area contributed by atoms with E-state index in [9.17, 15) is 0 Å². The largest absolute Gasteiger partial charge is 0.255 e. The van der Waals surface area contributed by atoms with Gasteiger partial charge in [-0.15, -0.1) is 22.7 Å². The Balaban J connectivity index is 1.07. The van der Waals surface area contributed by atoms with Crippen LogP contribution in [0.25, 0.3) is 96.2 Å². The summed E-state index contributed by atoms with van der Waals surface area (Å²) in [6.45, 7) is 0. The highest BCUT2D eigenvalue weighted by Gasteiger charge is 2.17. The minimum atomic E-state index is 0.850. The maximum Gasteiger partial charge on any atom is 0.0892 e. The van der Waals surface area contributed by atoms with Gasteiger partial charge >= 0.3 is 0 Å². The first-order valence-electron chi connectivity index (χ1n) is 16.7. The third kappa shape index (κ3) is 4.76. The van der Waals surface area contributed by atoms with Crippen LogP contribution in [0.3, 0.4) is 0 Å². The molecule has 0 unspecified atom stereocenters. The Morgan fingerprint density at radius 2 is 0.700 bits per heavy atom. The number of fused-ring (bicyclic) bond motifs is 6. The molecule has 10 rings (SSSR count). The average Bonchev–Trinajstić information content (AvgIpc) is 3.77. The summed E-state index contributed by atoms with van der Waals surface area (Å²) < 4.78 is 5.25. The molecule has 0 saturated carbocycles. The van der Waals surface area contributed by atoms with E-state index in [4.69, 9.17) is 9.97 Å². The molecule has 0 radical (unpaired) electrons. The van der Waals surface area contributed by atoms with Crippen LogP contribution in [0, 0.1) is 0 Å². The van der Waals surface area contributed by atoms with Gasteiger partial charge in [-0.3, -0.25) is 9.97 Å². The van der Waals surface area contributed by atoms with Crippen LogP contribution < -0.4 is 0 Å². The van der Waals surface area contributed by atoms with Crippen molar-refractivity contribution in [2.75, 3.05) is 0 Å². The molecule has 0 atom stereocenters. The van der Waals surface area contributed by atoms with Gasteiger partial charge in [-0.25, -0.2) is 0 Å². The normalized spacial score (nSPS) is 11.6. The van der Waals surface area contributed by atoms with Gasteiger partial charge < -0.3 is 0 Å². The zero-order valence-electron chi connectivity index (χ0n) is 26.9. The van der Waals surface area contributed by atoms with Gasteiger partial charge in [-0.1, -0.05) is 121 Å². The van der Waals surface area contributed by atoms with Crippen molar-refractivity contribution < 1.29 is 0 Å². The first-order chi connectivity index (χ1) is 24.8. The van der Waals surface area contributed by atoms with Crippen molar-refractivity contribution in [2.24, 2.45) is 0 Å². The average molecular weight is 673 g/mol. The van der Waals surface area contributed by atoms with E-state index in [1.165, 1.54) is 73.7 Å². The van der Waals surface area contributed by atoms with Crippen LogP contribution in [0.4, 0.5) is 0 Å². The number of aromatic nitrogens is 2. The quantitative estimate of drug-likeness (QED) is 0.182. The van der Waals surface area contributed by atoms with Crippen molar-refractivity contribution >= 4 is 63.0 Å². The molecule has 50 heavy (non-hydrogen) atoms. The Labute approximate surface area is 297 Å². The van der Waals surface area contributed by atoms with Gasteiger partial charge in [0.05, 0.1) is 11.4 Å². The third-order valence-corrected chi connectivity index (χ3v) is 12.1. The number of nitrogens with zero attached hydrogens (tertiary/aromatic N) is 2. The second-order valence-corrected chi connectivity index (χ2v) is 14.6. The number of pyridine rings is 2. The molecule has 234 valence electrons. The summed E-state index contributed by atoms with van der Waals surface area (Å²) in [5, 5.41) is 5.23. The van der Waals surface area contributed by atoms with E-state index in [0.717, 1.165) is 22.5 Å². The zero-order valence-corrected chi connectivity index (χ0v) is 28.5. The summed E-state index contributed by atoms with van der Waals surface area (Å²) in [7, 11) is 0. The maximum atomic E-state index is 4.84. The van der Waals surface area contributed by atoms with Crippen molar-refractivity contribution in [3.8, 4) is 55.9 Å². The molecule has 4 heterocycles. The summed E-state index contributed by atoms with van der Waals surface area (Å²) in [6.07, 6.45) is 3.82. The first-order valence-corrected chi connectivity index (χ1v) is 18.4. The number of hydrogen-bond acceptors (Lipinski definition) is 4. The molecule has 2 nitrogen and oxygen atoms in total. The number of hydrogen-bond donors (Lipinski definition) is 0. The molecule has 4 aromatic heterocycles. The molecule has 0 spiro atoms. The van der Waals surface area contributed by atoms with Crippen LogP contribution in [0.15, 0.2) is 170 Å². The first kappa shape index (κ1) is 29.0. The fraction of sp³-hybridized carbons (Fsp3) is 0. The van der Waals surface area contributed by atoms with Crippen LogP contribution >= 0.6 is 22.7 Å². The Hall–Kier alpha value is -5.94. The Morgan fingerprint density at radius 1 is 0.320 bits per heavy atom. The van der Waals surface area contributed by atoms with Crippen molar-refractivity contribution in [1.29, 1.82) is 0 Å². The van der Waals surface area contributed by atoms with Crippen LogP contribution in [-0.2, 0) is 0 Å². The molecule has 0 aliphatic carbocycles. The smallest absolute Gasteiger partial charge is 0.0892 e. The van der Waals surface area contributed by atoms with Gasteiger partial charge in [0, 0.05) is 63.9 Å². The van der Waals surface area contributed by atoms with Crippen molar-refractivity contribution in [2.45, 2.75) is 0 Å². The van der Waals surface area contributed by atoms with Crippen molar-refractivity contribution in [1.82, 2.24) is 9.97 Å². The van der Waals surface area contributed by atoms with Gasteiger partial charge in [0.1, 0.15) is 0 Å². The Bertz CT molecular complexity index is 2700. The lowest BCUT2D eigenvalue weighted by Crippen LogP contribution is -1.92. The number of thiophene rings is 2. The molecular weight excluding hydrogens is 645 g/mol. The second kappa shape index (κ2) is 11.9. The molecule has 4 heteroatoms. The molecule has 0 N–H and O–H groups in total. The van der Waals surface area contributed by atoms with E-state index in [-0.39, 0.29) is 0 Å². The summed E-state index contributed by atoms with van der Waals surface area (Å²) in [4.78, 5) is 9.68. The lowest BCUT2D eigenvalue weighted by molar-refractivity contribution is 1.25. The topological polar surface area (TPSA) is 25.8 Å². The van der Waals surface area contributed by atoms with Gasteiger partial charge in [0.25, 0.3) is 0 Å². The van der Waals surface area contributed by atoms with Crippen LogP contribution in [-0.4, -0.2) is 9.97 Å². The van der Waals surface area contributed by atoms with Crippen LogP contribution in [0.5, 0.6) is 0 Å². The molecule has 6 aromatic carbocycles. The zero-order chi connectivity index (χ0) is 33.0. The molecular formula is C46H28N2S2. The SMILES string of the molecule is c1ccc(-c2cccc3c2sc2ccccc23)c(-c2ccnc(-c3cc(-c4ccccc4-c4cccc5c4sc4ccccc45)ccn3)c2)c1. The molecule has 0 aliphatic rings. The van der Waals surface area contributed by atoms with E-state index in [2.05, 4.69) is 158 Å². The summed E-state index contributed by atoms with van der Waals surface area (Å²) >= 11 is 3.73. The minimum absolute atomic E-state index is 0.850. The number of benzene rings is 6. The van der Waals surface area contributed by atoms with Crippen LogP contribution in [0.2, 0.25) is 0 Å². The van der Waals surface area contributed by atoms with Gasteiger partial charge in [-0.05, 0) is 69.8 Å². The fourth-order valence-corrected chi connectivity index (χ4v) is 9.80. The summed E-state index contributed by atoms with van der Waals surface area (Å²) in [5.74, 6) is 0. The lowest BCUT2D eigenvalue weighted by Gasteiger charge is -2.13. The highest BCUT2D eigenvalue weighted by Crippen LogP contribution is 2.44. The lowest BCUT2D eigenvalue weighted by atomic mass is 9.93. The van der Waals surface area contributed by atoms with Crippen LogP contribution in [0.1, 0.15) is 0 Å². The van der Waals surface area contributed by atoms with E-state index >= 15 is 0 Å². The maximum absolute atomic E-state index is 4.84. The minimum Gasteiger partial charge on any atom is -0.255 e. The summed E-state index contributed by atoms with van der Waals surface area (Å²) in [6, 6.07) is 56.7. The molecule has 0 amide bonds. The van der Waals surface area contributed by atoms with Gasteiger partial charge in [-0.2, -0.15) is 0 Å². The van der Waals surface area contributed by atoms with E-state index in [0.29, 0.717) is 0 Å². The van der Waals surface area contributed by atoms with Gasteiger partial charge in [0.2, 0.25) is 0 Å². The summed E-state index contributed by atoms with van der Waals surface area (Å²) in [5.41, 5.74) is 11.2. The monoisotopic (exact) mass is 672 g/mol. The molecule has 10 aromatic rings. The van der Waals surface area contributed by atoms with Gasteiger partial charge in [0.15, 0.2) is 0 Å². The third-order valence-electron chi connectivity index (χ3n) is 9.65. The Morgan fingerprint density at radius 3 is 1.18 bits per heavy atom. The number of rotatable bonds is 5. The standard InChI is InChI=1S/C46H28N2S2/c1-3-13-33(37-17-9-19-39-35-15-5-7-21-43(35)49-45(37)39)31(11-1)29-23-25-47-41(27-29)42-28-30(24-26-48-42)32-12-2-4-14-34(32)38-18-10-20-40-36-16-6-8-22-44(36)50-46(38)40/h1-28H. The highest BCUT2D eigenvalue weighted by atomic mass is 32.1. The van der Waals surface area contributed by atoms with E-state index < -0.39 is 0 Å². The second-order valence-electron chi connectivity index (χ2n) is 12.5. The fourth-order valence-electron chi connectivity index (χ4n) is 7.33. The molecule has 0 saturated heterocycles. The van der Waals surface area contributed by atoms with E-state index in [1.54, 1.807) is 0 Å². The van der Waals surface area contributed by atoms with Crippen molar-refractivity contribution in [3.05, 3.63) is 170 Å². The highest BCUT2D eigenvalue weighted by molar-refractivity contribution is 7.26. The van der Waals surface area contributed by atoms with E-state index in [1.807, 2.05) is 35.1 Å². The Kier molecular flexibility index (Phi) is 6.90. The predicted octanol–water partition coefficient (Wildman–Crippen LogP) is 13.5. The molecule has 0 bridgehead atoms.